The number of primary amides is 1. The van der Waals surface area contributed by atoms with Gasteiger partial charge in [0.05, 0.1) is 6.10 Å². The summed E-state index contributed by atoms with van der Waals surface area (Å²) in [4.78, 5) is 10.8. The van der Waals surface area contributed by atoms with Crippen LogP contribution in [-0.2, 0) is 9.53 Å². The molecule has 8 heteroatoms. The topological polar surface area (TPSA) is 113 Å². The summed E-state index contributed by atoms with van der Waals surface area (Å²) in [6, 6.07) is 0. The highest BCUT2D eigenvalue weighted by molar-refractivity contribution is 7.99. The highest BCUT2D eigenvalue weighted by Crippen LogP contribution is 2.29. The minimum absolute atomic E-state index is 0.0150. The molecule has 1 heterocycles. The van der Waals surface area contributed by atoms with Crippen molar-refractivity contribution in [2.24, 2.45) is 5.73 Å². The standard InChI is InChI=1S/C9H16ClNO5S/c1-17-9-7(14)6(13)5(12)4(16-9)2-3(10)8(11)15/h3-7,9,12-14H,2H2,1H3,(H2,11,15)/t3?,4?,5?,6?,7?,9-/m1/s1. The van der Waals surface area contributed by atoms with E-state index in [0.717, 1.165) is 0 Å². The number of nitrogens with two attached hydrogens (primary N) is 1. The van der Waals surface area contributed by atoms with Crippen molar-refractivity contribution in [3.8, 4) is 0 Å². The summed E-state index contributed by atoms with van der Waals surface area (Å²) in [5.41, 5.74) is 4.33. The summed E-state index contributed by atoms with van der Waals surface area (Å²) in [5.74, 6) is -0.719. The first-order valence-electron chi connectivity index (χ1n) is 5.04. The second kappa shape index (κ2) is 6.21. The number of hydrogen-bond acceptors (Lipinski definition) is 6. The van der Waals surface area contributed by atoms with Crippen molar-refractivity contribution < 1.29 is 24.9 Å². The number of halogens is 1. The molecule has 100 valence electrons. The minimum atomic E-state index is -1.33. The van der Waals surface area contributed by atoms with Crippen LogP contribution in [-0.4, -0.2) is 62.7 Å². The van der Waals surface area contributed by atoms with Gasteiger partial charge < -0.3 is 25.8 Å². The molecule has 6 atom stereocenters. The largest absolute Gasteiger partial charge is 0.388 e. The summed E-state index contributed by atoms with van der Waals surface area (Å²) in [6.07, 6.45) is -2.96. The molecule has 6 nitrogen and oxygen atoms in total. The lowest BCUT2D eigenvalue weighted by Gasteiger charge is -2.40. The minimum Gasteiger partial charge on any atom is -0.388 e. The van der Waals surface area contributed by atoms with Crippen molar-refractivity contribution in [2.75, 3.05) is 6.26 Å². The number of alkyl halides is 1. The molecule has 0 bridgehead atoms. The van der Waals surface area contributed by atoms with E-state index in [0.29, 0.717) is 0 Å². The molecule has 0 aromatic carbocycles. The molecule has 1 aliphatic rings. The summed E-state index contributed by atoms with van der Waals surface area (Å²) in [6.45, 7) is 0. The van der Waals surface area contributed by atoms with Crippen molar-refractivity contribution in [1.82, 2.24) is 0 Å². The first-order chi connectivity index (χ1) is 7.88. The average molecular weight is 286 g/mol. The summed E-state index contributed by atoms with van der Waals surface area (Å²) in [7, 11) is 0. The zero-order valence-corrected chi connectivity index (χ0v) is 10.8. The average Bonchev–Trinajstić information content (AvgIpc) is 2.29. The Labute approximate surface area is 108 Å². The molecule has 1 aliphatic heterocycles. The highest BCUT2D eigenvalue weighted by atomic mass is 35.5. The van der Waals surface area contributed by atoms with Gasteiger partial charge in [-0.05, 0) is 6.26 Å². The zero-order valence-electron chi connectivity index (χ0n) is 9.19. The second-order valence-corrected chi connectivity index (χ2v) is 5.32. The molecule has 5 N–H and O–H groups in total. The Morgan fingerprint density at radius 2 is 2.00 bits per heavy atom. The van der Waals surface area contributed by atoms with Gasteiger partial charge >= 0.3 is 0 Å². The molecule has 0 spiro atoms. The third-order valence-corrected chi connectivity index (χ3v) is 3.90. The van der Waals surface area contributed by atoms with E-state index >= 15 is 0 Å². The molecule has 1 amide bonds. The predicted octanol–water partition coefficient (Wildman–Crippen LogP) is -1.36. The zero-order chi connectivity index (χ0) is 13.2. The molecular weight excluding hydrogens is 270 g/mol. The number of amides is 1. The van der Waals surface area contributed by atoms with E-state index in [4.69, 9.17) is 22.1 Å². The number of hydrogen-bond donors (Lipinski definition) is 4. The van der Waals surface area contributed by atoms with E-state index in [2.05, 4.69) is 0 Å². The quantitative estimate of drug-likeness (QED) is 0.475. The fourth-order valence-corrected chi connectivity index (χ4v) is 2.50. The maximum Gasteiger partial charge on any atom is 0.235 e. The van der Waals surface area contributed by atoms with E-state index < -0.39 is 41.1 Å². The summed E-state index contributed by atoms with van der Waals surface area (Å²) < 4.78 is 5.36. The Morgan fingerprint density at radius 3 is 2.47 bits per heavy atom. The van der Waals surface area contributed by atoms with Crippen LogP contribution in [0.25, 0.3) is 0 Å². The number of thioether (sulfide) groups is 1. The van der Waals surface area contributed by atoms with E-state index in [9.17, 15) is 20.1 Å². The Kier molecular flexibility index (Phi) is 5.49. The normalized spacial score (nSPS) is 39.9. The molecule has 5 unspecified atom stereocenters. The van der Waals surface area contributed by atoms with Crippen molar-refractivity contribution in [3.63, 3.8) is 0 Å². The second-order valence-electron chi connectivity index (χ2n) is 3.86. The van der Waals surface area contributed by atoms with Gasteiger partial charge in [0, 0.05) is 6.42 Å². The summed E-state index contributed by atoms with van der Waals surface area (Å²) >= 11 is 6.87. The molecule has 1 rings (SSSR count). The van der Waals surface area contributed by atoms with E-state index in [-0.39, 0.29) is 6.42 Å². The highest BCUT2D eigenvalue weighted by Gasteiger charge is 2.44. The Balaban J connectivity index is 2.68. The lowest BCUT2D eigenvalue weighted by molar-refractivity contribution is -0.199. The maximum atomic E-state index is 10.8. The fraction of sp³-hybridized carbons (Fsp3) is 0.889. The molecule has 0 saturated carbocycles. The molecule has 17 heavy (non-hydrogen) atoms. The van der Waals surface area contributed by atoms with Gasteiger partial charge in [-0.15, -0.1) is 23.4 Å². The first kappa shape index (κ1) is 15.0. The Hall–Kier alpha value is -0.0500. The van der Waals surface area contributed by atoms with Crippen LogP contribution < -0.4 is 5.73 Å². The van der Waals surface area contributed by atoms with Crippen LogP contribution >= 0.6 is 23.4 Å². The van der Waals surface area contributed by atoms with Gasteiger partial charge in [0.1, 0.15) is 29.1 Å². The molecule has 0 radical (unpaired) electrons. The van der Waals surface area contributed by atoms with Gasteiger partial charge in [0.2, 0.25) is 5.91 Å². The fourth-order valence-electron chi connectivity index (χ4n) is 1.63. The molecule has 1 fully saturated rings. The van der Waals surface area contributed by atoms with Gasteiger partial charge in [-0.2, -0.15) is 0 Å². The number of aliphatic hydroxyl groups excluding tert-OH is 3. The van der Waals surface area contributed by atoms with Crippen LogP contribution in [0.4, 0.5) is 0 Å². The lowest BCUT2D eigenvalue weighted by Crippen LogP contribution is -2.57. The van der Waals surface area contributed by atoms with Gasteiger partial charge in [-0.3, -0.25) is 4.79 Å². The third kappa shape index (κ3) is 3.46. The van der Waals surface area contributed by atoms with E-state index in [1.54, 1.807) is 6.26 Å². The van der Waals surface area contributed by atoms with Crippen LogP contribution in [0.2, 0.25) is 0 Å². The van der Waals surface area contributed by atoms with Crippen molar-refractivity contribution in [2.45, 2.75) is 41.6 Å². The van der Waals surface area contributed by atoms with E-state index in [1.165, 1.54) is 11.8 Å². The van der Waals surface area contributed by atoms with E-state index in [1.807, 2.05) is 0 Å². The number of carbonyl (C=O) groups is 1. The Morgan fingerprint density at radius 1 is 1.41 bits per heavy atom. The van der Waals surface area contributed by atoms with Gasteiger partial charge in [0.15, 0.2) is 0 Å². The van der Waals surface area contributed by atoms with Crippen LogP contribution in [0.15, 0.2) is 0 Å². The van der Waals surface area contributed by atoms with Crippen molar-refractivity contribution >= 4 is 29.3 Å². The molecule has 1 saturated heterocycles. The number of aliphatic hydroxyl groups is 3. The van der Waals surface area contributed by atoms with Crippen LogP contribution in [0.3, 0.4) is 0 Å². The monoisotopic (exact) mass is 285 g/mol. The van der Waals surface area contributed by atoms with Gasteiger partial charge in [-0.25, -0.2) is 0 Å². The molecular formula is C9H16ClNO5S. The Bertz CT molecular complexity index is 280. The SMILES string of the molecule is CS[C@H]1OC(CC(Cl)C(N)=O)C(O)C(O)C1O. The number of ether oxygens (including phenoxy) is 1. The first-order valence-corrected chi connectivity index (χ1v) is 6.76. The lowest BCUT2D eigenvalue weighted by atomic mass is 9.96. The maximum absolute atomic E-state index is 10.8. The molecule has 0 aromatic rings. The smallest absolute Gasteiger partial charge is 0.235 e. The van der Waals surface area contributed by atoms with Crippen LogP contribution in [0.5, 0.6) is 0 Å². The molecule has 0 aromatic heterocycles. The van der Waals surface area contributed by atoms with Crippen molar-refractivity contribution in [3.05, 3.63) is 0 Å². The number of rotatable bonds is 4. The summed E-state index contributed by atoms with van der Waals surface area (Å²) in [5, 5.41) is 27.9. The van der Waals surface area contributed by atoms with Crippen LogP contribution in [0.1, 0.15) is 6.42 Å². The predicted molar refractivity (Wildman–Crippen MR) is 63.6 cm³/mol. The number of carbonyl (C=O) groups excluding carboxylic acids is 1. The van der Waals surface area contributed by atoms with Crippen molar-refractivity contribution in [1.29, 1.82) is 0 Å². The molecule has 0 aliphatic carbocycles. The van der Waals surface area contributed by atoms with Gasteiger partial charge in [-0.1, -0.05) is 0 Å². The van der Waals surface area contributed by atoms with Gasteiger partial charge in [0.25, 0.3) is 0 Å². The third-order valence-electron chi connectivity index (χ3n) is 2.65. The van der Waals surface area contributed by atoms with Crippen LogP contribution in [0, 0.1) is 0 Å².